The van der Waals surface area contributed by atoms with Gasteiger partial charge >= 0.3 is 5.97 Å². The van der Waals surface area contributed by atoms with E-state index in [9.17, 15) is 14.7 Å². The molecule has 0 radical (unpaired) electrons. The maximum atomic E-state index is 12.6. The van der Waals surface area contributed by atoms with Gasteiger partial charge in [-0.3, -0.25) is 4.79 Å². The van der Waals surface area contributed by atoms with Crippen molar-refractivity contribution in [3.8, 4) is 0 Å². The van der Waals surface area contributed by atoms with Crippen LogP contribution in [0, 0.1) is 11.8 Å². The number of carboxylic acids is 1. The highest BCUT2D eigenvalue weighted by Gasteiger charge is 2.42. The molecule has 2 fully saturated rings. The van der Waals surface area contributed by atoms with E-state index >= 15 is 0 Å². The first kappa shape index (κ1) is 14.3. The molecule has 1 saturated carbocycles. The minimum absolute atomic E-state index is 0.0310. The highest BCUT2D eigenvalue weighted by atomic mass is 16.4. The Kier molecular flexibility index (Phi) is 4.45. The Morgan fingerprint density at radius 2 is 1.84 bits per heavy atom. The summed E-state index contributed by atoms with van der Waals surface area (Å²) in [6.45, 7) is 2.46. The summed E-state index contributed by atoms with van der Waals surface area (Å²) < 4.78 is 0. The quantitative estimate of drug-likeness (QED) is 0.737. The van der Waals surface area contributed by atoms with Crippen LogP contribution in [0.15, 0.2) is 0 Å². The molecular formula is C14H24N2O3. The Balaban J connectivity index is 2.11. The fourth-order valence-corrected chi connectivity index (χ4v) is 3.43. The van der Waals surface area contributed by atoms with Crippen molar-refractivity contribution in [2.45, 2.75) is 57.5 Å². The van der Waals surface area contributed by atoms with Crippen molar-refractivity contribution in [1.29, 1.82) is 0 Å². The second kappa shape index (κ2) is 5.90. The van der Waals surface area contributed by atoms with E-state index in [1.54, 1.807) is 4.90 Å². The van der Waals surface area contributed by atoms with E-state index in [4.69, 9.17) is 5.73 Å². The van der Waals surface area contributed by atoms with Gasteiger partial charge in [0.2, 0.25) is 5.91 Å². The lowest BCUT2D eigenvalue weighted by Crippen LogP contribution is -2.49. The number of aliphatic carboxylic acids is 1. The van der Waals surface area contributed by atoms with Crippen LogP contribution in [-0.4, -0.2) is 40.5 Å². The van der Waals surface area contributed by atoms with Crippen LogP contribution in [-0.2, 0) is 9.59 Å². The molecule has 108 valence electrons. The molecule has 1 amide bonds. The third-order valence-corrected chi connectivity index (χ3v) is 4.62. The fourth-order valence-electron chi connectivity index (χ4n) is 3.43. The molecule has 0 aromatic heterocycles. The molecule has 4 unspecified atom stereocenters. The van der Waals surface area contributed by atoms with E-state index in [2.05, 4.69) is 0 Å². The van der Waals surface area contributed by atoms with Crippen LogP contribution in [0.2, 0.25) is 0 Å². The monoisotopic (exact) mass is 268 g/mol. The average Bonchev–Trinajstić information content (AvgIpc) is 2.61. The molecule has 2 aliphatic rings. The zero-order valence-corrected chi connectivity index (χ0v) is 11.5. The number of likely N-dealkylation sites (tertiary alicyclic amines) is 1. The number of carbonyl (C=O) groups excluding carboxylic acids is 1. The molecule has 5 nitrogen and oxygen atoms in total. The Morgan fingerprint density at radius 1 is 1.16 bits per heavy atom. The SMILES string of the molecule is CC1CCN(C(=O)C2CCCCCC2N)C1C(=O)O. The smallest absolute Gasteiger partial charge is 0.326 e. The summed E-state index contributed by atoms with van der Waals surface area (Å²) >= 11 is 0. The van der Waals surface area contributed by atoms with Gasteiger partial charge in [-0.1, -0.05) is 26.2 Å². The van der Waals surface area contributed by atoms with E-state index in [0.29, 0.717) is 6.54 Å². The second-order valence-corrected chi connectivity index (χ2v) is 5.99. The summed E-state index contributed by atoms with van der Waals surface area (Å²) in [7, 11) is 0. The number of nitrogens with two attached hydrogens (primary N) is 1. The predicted molar refractivity (Wildman–Crippen MR) is 71.5 cm³/mol. The molecule has 0 aromatic rings. The zero-order valence-electron chi connectivity index (χ0n) is 11.5. The summed E-state index contributed by atoms with van der Waals surface area (Å²) in [6, 6.07) is -0.775. The van der Waals surface area contributed by atoms with Gasteiger partial charge in [0.05, 0.1) is 5.92 Å². The number of carbonyl (C=O) groups is 2. The number of hydrogen-bond acceptors (Lipinski definition) is 3. The van der Waals surface area contributed by atoms with Crippen molar-refractivity contribution in [2.24, 2.45) is 17.6 Å². The minimum atomic E-state index is -0.888. The lowest BCUT2D eigenvalue weighted by atomic mass is 9.93. The summed E-state index contributed by atoms with van der Waals surface area (Å²) in [5, 5.41) is 9.30. The van der Waals surface area contributed by atoms with Crippen LogP contribution in [0.3, 0.4) is 0 Å². The number of amides is 1. The van der Waals surface area contributed by atoms with E-state index in [0.717, 1.165) is 38.5 Å². The molecule has 0 bridgehead atoms. The van der Waals surface area contributed by atoms with E-state index < -0.39 is 12.0 Å². The fraction of sp³-hybridized carbons (Fsp3) is 0.857. The second-order valence-electron chi connectivity index (χ2n) is 5.99. The number of carboxylic acid groups (broad SMARTS) is 1. The predicted octanol–water partition coefficient (Wildman–Crippen LogP) is 1.22. The van der Waals surface area contributed by atoms with Gasteiger partial charge in [0.1, 0.15) is 6.04 Å². The zero-order chi connectivity index (χ0) is 14.0. The van der Waals surface area contributed by atoms with E-state index in [1.165, 1.54) is 0 Å². The Hall–Kier alpha value is -1.10. The largest absolute Gasteiger partial charge is 0.480 e. The first-order valence-electron chi connectivity index (χ1n) is 7.31. The van der Waals surface area contributed by atoms with Crippen LogP contribution in [0.25, 0.3) is 0 Å². The van der Waals surface area contributed by atoms with Crippen molar-refractivity contribution < 1.29 is 14.7 Å². The van der Waals surface area contributed by atoms with Crippen LogP contribution < -0.4 is 5.73 Å². The van der Waals surface area contributed by atoms with E-state index in [1.807, 2.05) is 6.92 Å². The van der Waals surface area contributed by atoms with Crippen molar-refractivity contribution in [3.05, 3.63) is 0 Å². The first-order valence-corrected chi connectivity index (χ1v) is 7.31. The van der Waals surface area contributed by atoms with Gasteiger partial charge in [0.25, 0.3) is 0 Å². The third kappa shape index (κ3) is 2.91. The standard InChI is InChI=1S/C14H24N2O3/c1-9-7-8-16(12(9)14(18)19)13(17)10-5-3-2-4-6-11(10)15/h9-12H,2-8,15H2,1H3,(H,18,19). The molecule has 4 atom stereocenters. The Morgan fingerprint density at radius 3 is 2.53 bits per heavy atom. The van der Waals surface area contributed by atoms with Crippen molar-refractivity contribution in [1.82, 2.24) is 4.90 Å². The van der Waals surface area contributed by atoms with Gasteiger partial charge in [-0.15, -0.1) is 0 Å². The lowest BCUT2D eigenvalue weighted by molar-refractivity contribution is -0.151. The molecule has 2 rings (SSSR count). The number of nitrogens with zero attached hydrogens (tertiary/aromatic N) is 1. The highest BCUT2D eigenvalue weighted by Crippen LogP contribution is 2.30. The molecule has 1 saturated heterocycles. The molecule has 1 heterocycles. The molecule has 3 N–H and O–H groups in total. The van der Waals surface area contributed by atoms with Gasteiger partial charge in [0, 0.05) is 12.6 Å². The maximum absolute atomic E-state index is 12.6. The van der Waals surface area contributed by atoms with Gasteiger partial charge in [-0.2, -0.15) is 0 Å². The Bertz CT molecular complexity index is 359. The topological polar surface area (TPSA) is 83.6 Å². The average molecular weight is 268 g/mol. The van der Waals surface area contributed by atoms with Gasteiger partial charge < -0.3 is 15.7 Å². The molecular weight excluding hydrogens is 244 g/mol. The third-order valence-electron chi connectivity index (χ3n) is 4.62. The van der Waals surface area contributed by atoms with Crippen LogP contribution in [0.1, 0.15) is 45.4 Å². The van der Waals surface area contributed by atoms with Crippen molar-refractivity contribution >= 4 is 11.9 Å². The summed E-state index contributed by atoms with van der Waals surface area (Å²) in [5.41, 5.74) is 6.11. The normalized spacial score (nSPS) is 36.0. The van der Waals surface area contributed by atoms with Crippen molar-refractivity contribution in [3.63, 3.8) is 0 Å². The molecule has 1 aliphatic carbocycles. The molecule has 0 spiro atoms. The lowest BCUT2D eigenvalue weighted by Gasteiger charge is -2.29. The maximum Gasteiger partial charge on any atom is 0.326 e. The first-order chi connectivity index (χ1) is 9.02. The molecule has 19 heavy (non-hydrogen) atoms. The van der Waals surface area contributed by atoms with Crippen molar-refractivity contribution in [2.75, 3.05) is 6.54 Å². The van der Waals surface area contributed by atoms with Crippen LogP contribution in [0.4, 0.5) is 0 Å². The minimum Gasteiger partial charge on any atom is -0.480 e. The summed E-state index contributed by atoms with van der Waals surface area (Å²) in [5.74, 6) is -1.08. The van der Waals surface area contributed by atoms with Gasteiger partial charge in [0.15, 0.2) is 0 Å². The summed E-state index contributed by atoms with van der Waals surface area (Å²) in [6.07, 6.45) is 5.66. The highest BCUT2D eigenvalue weighted by molar-refractivity contribution is 5.86. The van der Waals surface area contributed by atoms with Gasteiger partial charge in [-0.25, -0.2) is 4.79 Å². The van der Waals surface area contributed by atoms with Crippen LogP contribution >= 0.6 is 0 Å². The Labute approximate surface area is 114 Å². The van der Waals surface area contributed by atoms with E-state index in [-0.39, 0.29) is 23.8 Å². The van der Waals surface area contributed by atoms with Gasteiger partial charge in [-0.05, 0) is 25.2 Å². The van der Waals surface area contributed by atoms with Crippen LogP contribution in [0.5, 0.6) is 0 Å². The molecule has 0 aromatic carbocycles. The summed E-state index contributed by atoms with van der Waals surface area (Å²) in [4.78, 5) is 25.5. The molecule has 1 aliphatic heterocycles. The number of hydrogen-bond donors (Lipinski definition) is 2. The number of rotatable bonds is 2. The molecule has 5 heteroatoms.